The Morgan fingerprint density at radius 2 is 2.00 bits per heavy atom. The second-order valence-electron chi connectivity index (χ2n) is 4.88. The van der Waals surface area contributed by atoms with Gasteiger partial charge in [0.2, 0.25) is 0 Å². The minimum Gasteiger partial charge on any atom is -0.310 e. The number of rotatable bonds is 3. The monoisotopic (exact) mass is 271 g/mol. The minimum atomic E-state index is -2.80. The maximum absolute atomic E-state index is 12.9. The van der Waals surface area contributed by atoms with Crippen LogP contribution in [-0.4, -0.2) is 26.0 Å². The van der Waals surface area contributed by atoms with E-state index in [0.29, 0.717) is 19.4 Å². The molecule has 2 rings (SSSR count). The Balaban J connectivity index is 1.89. The molecule has 0 unspecified atom stereocenters. The first-order valence-electron chi connectivity index (χ1n) is 6.15. The zero-order valence-corrected chi connectivity index (χ0v) is 11.3. The molecule has 0 aliphatic carbocycles. The second-order valence-corrected chi connectivity index (χ2v) is 7.18. The standard InChI is InChI=1S/C13H18FNO2S/c1-10-8-12(14)3-2-11(10)9-15-13-4-6-18(16,17)7-5-13/h2-3,8,13,15H,4-7,9H2,1H3. The number of nitrogens with one attached hydrogen (secondary N) is 1. The van der Waals surface area contributed by atoms with E-state index in [1.54, 1.807) is 6.07 Å². The quantitative estimate of drug-likeness (QED) is 0.912. The Hall–Kier alpha value is -0.940. The summed E-state index contributed by atoms with van der Waals surface area (Å²) in [4.78, 5) is 0. The van der Waals surface area contributed by atoms with E-state index in [9.17, 15) is 12.8 Å². The van der Waals surface area contributed by atoms with Crippen molar-refractivity contribution in [1.82, 2.24) is 5.32 Å². The number of benzene rings is 1. The largest absolute Gasteiger partial charge is 0.310 e. The molecule has 1 aromatic carbocycles. The van der Waals surface area contributed by atoms with Gasteiger partial charge < -0.3 is 5.32 Å². The van der Waals surface area contributed by atoms with Crippen molar-refractivity contribution >= 4 is 9.84 Å². The molecule has 0 aromatic heterocycles. The van der Waals surface area contributed by atoms with Gasteiger partial charge in [-0.05, 0) is 43.0 Å². The molecule has 1 fully saturated rings. The van der Waals surface area contributed by atoms with Gasteiger partial charge in [0.25, 0.3) is 0 Å². The topological polar surface area (TPSA) is 46.2 Å². The van der Waals surface area contributed by atoms with Crippen molar-refractivity contribution in [2.75, 3.05) is 11.5 Å². The summed E-state index contributed by atoms with van der Waals surface area (Å²) in [6.45, 7) is 2.54. The Kier molecular flexibility index (Phi) is 4.02. The lowest BCUT2D eigenvalue weighted by Gasteiger charge is -2.23. The number of aryl methyl sites for hydroxylation is 1. The minimum absolute atomic E-state index is 0.222. The fourth-order valence-electron chi connectivity index (χ4n) is 2.21. The molecule has 100 valence electrons. The van der Waals surface area contributed by atoms with E-state index >= 15 is 0 Å². The highest BCUT2D eigenvalue weighted by atomic mass is 32.2. The Morgan fingerprint density at radius 3 is 2.61 bits per heavy atom. The van der Waals surface area contributed by atoms with Gasteiger partial charge in [-0.3, -0.25) is 0 Å². The summed E-state index contributed by atoms with van der Waals surface area (Å²) in [5.74, 6) is 0.320. The molecule has 1 aliphatic heterocycles. The average Bonchev–Trinajstić information content (AvgIpc) is 2.29. The molecule has 0 atom stereocenters. The molecule has 1 saturated heterocycles. The summed E-state index contributed by atoms with van der Waals surface area (Å²) in [7, 11) is -2.80. The molecule has 0 spiro atoms. The Labute approximate surface area is 107 Å². The highest BCUT2D eigenvalue weighted by Gasteiger charge is 2.22. The lowest BCUT2D eigenvalue weighted by molar-refractivity contribution is 0.462. The van der Waals surface area contributed by atoms with Gasteiger partial charge in [0.05, 0.1) is 11.5 Å². The third-order valence-corrected chi connectivity index (χ3v) is 5.16. The smallest absolute Gasteiger partial charge is 0.150 e. The highest BCUT2D eigenvalue weighted by Crippen LogP contribution is 2.14. The molecule has 0 radical (unpaired) electrons. The van der Waals surface area contributed by atoms with Gasteiger partial charge in [-0.15, -0.1) is 0 Å². The number of hydrogen-bond donors (Lipinski definition) is 1. The van der Waals surface area contributed by atoms with Gasteiger partial charge in [0, 0.05) is 12.6 Å². The molecule has 1 aliphatic rings. The van der Waals surface area contributed by atoms with E-state index < -0.39 is 9.84 Å². The molecule has 1 N–H and O–H groups in total. The van der Waals surface area contributed by atoms with Gasteiger partial charge in [-0.25, -0.2) is 12.8 Å². The number of halogens is 1. The van der Waals surface area contributed by atoms with E-state index in [1.165, 1.54) is 12.1 Å². The summed E-state index contributed by atoms with van der Waals surface area (Å²) in [5.41, 5.74) is 1.98. The maximum atomic E-state index is 12.9. The van der Waals surface area contributed by atoms with Crippen molar-refractivity contribution < 1.29 is 12.8 Å². The predicted molar refractivity (Wildman–Crippen MR) is 69.7 cm³/mol. The van der Waals surface area contributed by atoms with Crippen molar-refractivity contribution in [1.29, 1.82) is 0 Å². The lowest BCUT2D eigenvalue weighted by atomic mass is 10.1. The van der Waals surface area contributed by atoms with E-state index in [4.69, 9.17) is 0 Å². The van der Waals surface area contributed by atoms with Crippen LogP contribution in [0.15, 0.2) is 18.2 Å². The molecule has 1 aromatic rings. The summed E-state index contributed by atoms with van der Waals surface area (Å²) in [5, 5.41) is 3.35. The third-order valence-electron chi connectivity index (χ3n) is 3.44. The Bertz CT molecular complexity index is 514. The first-order chi connectivity index (χ1) is 8.46. The van der Waals surface area contributed by atoms with Crippen LogP contribution in [0.25, 0.3) is 0 Å². The van der Waals surface area contributed by atoms with Crippen molar-refractivity contribution in [2.45, 2.75) is 32.4 Å². The van der Waals surface area contributed by atoms with Crippen LogP contribution in [0.1, 0.15) is 24.0 Å². The molecule has 0 saturated carbocycles. The van der Waals surface area contributed by atoms with Crippen LogP contribution < -0.4 is 5.32 Å². The summed E-state index contributed by atoms with van der Waals surface area (Å²) in [6, 6.07) is 4.99. The second kappa shape index (κ2) is 5.36. The fourth-order valence-corrected chi connectivity index (χ4v) is 3.70. The summed E-state index contributed by atoms with van der Waals surface area (Å²) >= 11 is 0. The van der Waals surface area contributed by atoms with Gasteiger partial charge >= 0.3 is 0 Å². The normalized spacial score (nSPS) is 19.9. The van der Waals surface area contributed by atoms with Gasteiger partial charge in [0.1, 0.15) is 15.7 Å². The SMILES string of the molecule is Cc1cc(F)ccc1CNC1CCS(=O)(=O)CC1. The highest BCUT2D eigenvalue weighted by molar-refractivity contribution is 7.91. The van der Waals surface area contributed by atoms with Crippen LogP contribution in [0.2, 0.25) is 0 Å². The van der Waals surface area contributed by atoms with E-state index in [1.807, 2.05) is 6.92 Å². The summed E-state index contributed by atoms with van der Waals surface area (Å²) < 4.78 is 35.5. The molecule has 18 heavy (non-hydrogen) atoms. The van der Waals surface area contributed by atoms with Crippen molar-refractivity contribution in [3.05, 3.63) is 35.1 Å². The van der Waals surface area contributed by atoms with Crippen LogP contribution in [0.3, 0.4) is 0 Å². The first-order valence-corrected chi connectivity index (χ1v) is 7.97. The zero-order chi connectivity index (χ0) is 13.2. The first kappa shape index (κ1) is 13.5. The fraction of sp³-hybridized carbons (Fsp3) is 0.538. The third kappa shape index (κ3) is 3.53. The van der Waals surface area contributed by atoms with Crippen LogP contribution in [0.4, 0.5) is 4.39 Å². The van der Waals surface area contributed by atoms with E-state index in [0.717, 1.165) is 11.1 Å². The van der Waals surface area contributed by atoms with Crippen LogP contribution in [0, 0.1) is 12.7 Å². The molecule has 1 heterocycles. The summed E-state index contributed by atoms with van der Waals surface area (Å²) in [6.07, 6.45) is 1.34. The van der Waals surface area contributed by atoms with Crippen LogP contribution in [-0.2, 0) is 16.4 Å². The van der Waals surface area contributed by atoms with Gasteiger partial charge in [0.15, 0.2) is 0 Å². The molecule has 5 heteroatoms. The molecular formula is C13H18FNO2S. The predicted octanol–water partition coefficient (Wildman–Crippen LogP) is 1.80. The number of sulfone groups is 1. The van der Waals surface area contributed by atoms with Gasteiger partial charge in [-0.2, -0.15) is 0 Å². The van der Waals surface area contributed by atoms with E-state index in [-0.39, 0.29) is 23.4 Å². The van der Waals surface area contributed by atoms with Crippen LogP contribution >= 0.6 is 0 Å². The lowest BCUT2D eigenvalue weighted by Crippen LogP contribution is -2.37. The molecule has 0 bridgehead atoms. The van der Waals surface area contributed by atoms with Crippen molar-refractivity contribution in [3.8, 4) is 0 Å². The van der Waals surface area contributed by atoms with Crippen molar-refractivity contribution in [3.63, 3.8) is 0 Å². The number of hydrogen-bond acceptors (Lipinski definition) is 3. The Morgan fingerprint density at radius 1 is 1.33 bits per heavy atom. The van der Waals surface area contributed by atoms with Gasteiger partial charge in [-0.1, -0.05) is 6.07 Å². The van der Waals surface area contributed by atoms with E-state index in [2.05, 4.69) is 5.32 Å². The molecular weight excluding hydrogens is 253 g/mol. The zero-order valence-electron chi connectivity index (χ0n) is 10.4. The molecule has 0 amide bonds. The van der Waals surface area contributed by atoms with Crippen LogP contribution in [0.5, 0.6) is 0 Å². The molecule has 3 nitrogen and oxygen atoms in total. The maximum Gasteiger partial charge on any atom is 0.150 e. The average molecular weight is 271 g/mol. The van der Waals surface area contributed by atoms with Crippen molar-refractivity contribution in [2.24, 2.45) is 0 Å².